The van der Waals surface area contributed by atoms with Crippen molar-refractivity contribution in [1.82, 2.24) is 14.8 Å². The van der Waals surface area contributed by atoms with E-state index in [0.717, 1.165) is 10.3 Å². The first-order valence-electron chi connectivity index (χ1n) is 5.86. The van der Waals surface area contributed by atoms with Crippen LogP contribution in [0.25, 0.3) is 0 Å². The van der Waals surface area contributed by atoms with Crippen LogP contribution in [0.3, 0.4) is 0 Å². The monoisotopic (exact) mass is 327 g/mol. The van der Waals surface area contributed by atoms with E-state index in [9.17, 15) is 0 Å². The maximum Gasteiger partial charge on any atom is 0.225 e. The van der Waals surface area contributed by atoms with Gasteiger partial charge in [0, 0.05) is 10.4 Å². The molecule has 3 nitrogen and oxygen atoms in total. The van der Waals surface area contributed by atoms with Gasteiger partial charge >= 0.3 is 0 Å². The Morgan fingerprint density at radius 2 is 1.94 bits per heavy atom. The molecule has 96 valence electrons. The van der Waals surface area contributed by atoms with Crippen LogP contribution in [0.1, 0.15) is 44.1 Å². The average Bonchev–Trinajstić information content (AvgIpc) is 2.70. The molecule has 0 saturated carbocycles. The molecular weight excluding hydrogens is 314 g/mol. The van der Waals surface area contributed by atoms with Crippen molar-refractivity contribution in [2.45, 2.75) is 32.7 Å². The summed E-state index contributed by atoms with van der Waals surface area (Å²) in [5.41, 5.74) is 1.17. The average molecular weight is 329 g/mol. The summed E-state index contributed by atoms with van der Waals surface area (Å²) >= 11 is 9.64. The van der Waals surface area contributed by atoms with Gasteiger partial charge in [-0.25, -0.2) is 0 Å². The summed E-state index contributed by atoms with van der Waals surface area (Å²) in [7, 11) is 0. The summed E-state index contributed by atoms with van der Waals surface area (Å²) in [5, 5.41) is 8.56. The highest BCUT2D eigenvalue weighted by Crippen LogP contribution is 2.27. The summed E-state index contributed by atoms with van der Waals surface area (Å²) in [4.78, 5) is 0. The smallest absolute Gasteiger partial charge is 0.225 e. The molecule has 1 aromatic heterocycles. The van der Waals surface area contributed by atoms with Gasteiger partial charge in [-0.2, -0.15) is 0 Å². The molecule has 5 heteroatoms. The molecule has 0 aliphatic carbocycles. The highest BCUT2D eigenvalue weighted by Gasteiger charge is 2.19. The highest BCUT2D eigenvalue weighted by molar-refractivity contribution is 9.10. The Kier molecular flexibility index (Phi) is 4.07. The van der Waals surface area contributed by atoms with Crippen LogP contribution in [-0.4, -0.2) is 14.8 Å². The molecule has 1 aromatic carbocycles. The number of aromatic nitrogens is 3. The van der Waals surface area contributed by atoms with E-state index in [1.165, 1.54) is 5.56 Å². The van der Waals surface area contributed by atoms with E-state index in [-0.39, 0.29) is 6.04 Å². The Morgan fingerprint density at radius 1 is 1.22 bits per heavy atom. The molecule has 0 aliphatic rings. The Hall–Kier alpha value is -0.870. The number of rotatable bonds is 3. The van der Waals surface area contributed by atoms with E-state index < -0.39 is 0 Å². The molecule has 2 rings (SSSR count). The minimum Gasteiger partial charge on any atom is -0.294 e. The SMILES string of the molecule is CC(C)c1nnc(Cl)n1C(C)c1cccc(Br)c1. The van der Waals surface area contributed by atoms with Gasteiger partial charge in [0.25, 0.3) is 0 Å². The van der Waals surface area contributed by atoms with Crippen LogP contribution in [0.5, 0.6) is 0 Å². The fraction of sp³-hybridized carbons (Fsp3) is 0.385. The van der Waals surface area contributed by atoms with Crippen LogP contribution in [0, 0.1) is 0 Å². The standard InChI is InChI=1S/C13H15BrClN3/c1-8(2)12-16-17-13(15)18(12)9(3)10-5-4-6-11(14)7-10/h4-9H,1-3H3. The third kappa shape index (κ3) is 2.59. The van der Waals surface area contributed by atoms with Crippen molar-refractivity contribution >= 4 is 27.5 Å². The minimum atomic E-state index is 0.113. The van der Waals surface area contributed by atoms with Crippen LogP contribution in [0.15, 0.2) is 28.7 Å². The second-order valence-electron chi connectivity index (χ2n) is 4.58. The summed E-state index contributed by atoms with van der Waals surface area (Å²) < 4.78 is 3.04. The number of hydrogen-bond donors (Lipinski definition) is 0. The molecule has 0 spiro atoms. The lowest BCUT2D eigenvalue weighted by Gasteiger charge is -2.18. The third-order valence-electron chi connectivity index (χ3n) is 2.92. The normalized spacial score (nSPS) is 13.0. The van der Waals surface area contributed by atoms with E-state index in [4.69, 9.17) is 11.6 Å². The first-order valence-corrected chi connectivity index (χ1v) is 7.03. The van der Waals surface area contributed by atoms with Crippen molar-refractivity contribution in [3.8, 4) is 0 Å². The van der Waals surface area contributed by atoms with Crippen molar-refractivity contribution in [1.29, 1.82) is 0 Å². The molecule has 18 heavy (non-hydrogen) atoms. The van der Waals surface area contributed by atoms with Gasteiger partial charge in [-0.05, 0) is 36.2 Å². The third-order valence-corrected chi connectivity index (χ3v) is 3.67. The van der Waals surface area contributed by atoms with Gasteiger partial charge in [-0.3, -0.25) is 4.57 Å². The Labute approximate surface area is 120 Å². The lowest BCUT2D eigenvalue weighted by Crippen LogP contribution is -2.12. The van der Waals surface area contributed by atoms with Crippen LogP contribution >= 0.6 is 27.5 Å². The Morgan fingerprint density at radius 3 is 2.56 bits per heavy atom. The van der Waals surface area contributed by atoms with Crippen molar-refractivity contribution in [3.05, 3.63) is 45.4 Å². The molecule has 1 atom stereocenters. The van der Waals surface area contributed by atoms with E-state index in [0.29, 0.717) is 11.2 Å². The molecule has 0 saturated heterocycles. The fourth-order valence-corrected chi connectivity index (χ4v) is 2.64. The second-order valence-corrected chi connectivity index (χ2v) is 5.84. The van der Waals surface area contributed by atoms with Crippen LogP contribution < -0.4 is 0 Å². The van der Waals surface area contributed by atoms with E-state index >= 15 is 0 Å². The van der Waals surface area contributed by atoms with Gasteiger partial charge in [-0.15, -0.1) is 10.2 Å². The van der Waals surface area contributed by atoms with Gasteiger partial charge in [0.05, 0.1) is 6.04 Å². The van der Waals surface area contributed by atoms with Crippen molar-refractivity contribution in [2.24, 2.45) is 0 Å². The van der Waals surface area contributed by atoms with Crippen molar-refractivity contribution in [2.75, 3.05) is 0 Å². The molecule has 0 amide bonds. The fourth-order valence-electron chi connectivity index (χ4n) is 1.95. The lowest BCUT2D eigenvalue weighted by molar-refractivity contribution is 0.579. The molecule has 0 radical (unpaired) electrons. The van der Waals surface area contributed by atoms with Crippen molar-refractivity contribution < 1.29 is 0 Å². The minimum absolute atomic E-state index is 0.113. The van der Waals surface area contributed by atoms with Gasteiger partial charge in [0.2, 0.25) is 5.28 Å². The second kappa shape index (κ2) is 5.41. The number of benzene rings is 1. The van der Waals surface area contributed by atoms with Crippen LogP contribution in [0.4, 0.5) is 0 Å². The molecule has 2 aromatic rings. The lowest BCUT2D eigenvalue weighted by atomic mass is 10.1. The zero-order valence-electron chi connectivity index (χ0n) is 10.6. The number of halogens is 2. The van der Waals surface area contributed by atoms with Gasteiger partial charge in [0.1, 0.15) is 5.82 Å². The van der Waals surface area contributed by atoms with Crippen LogP contribution in [0.2, 0.25) is 5.28 Å². The maximum absolute atomic E-state index is 6.15. The zero-order chi connectivity index (χ0) is 13.3. The quantitative estimate of drug-likeness (QED) is 0.834. The molecule has 1 heterocycles. The topological polar surface area (TPSA) is 30.7 Å². The molecule has 0 bridgehead atoms. The zero-order valence-corrected chi connectivity index (χ0v) is 12.9. The summed E-state index contributed by atoms with van der Waals surface area (Å²) in [6.45, 7) is 6.28. The van der Waals surface area contributed by atoms with Crippen LogP contribution in [-0.2, 0) is 0 Å². The highest BCUT2D eigenvalue weighted by atomic mass is 79.9. The first kappa shape index (κ1) is 13.6. The Bertz CT molecular complexity index is 551. The molecule has 0 fully saturated rings. The van der Waals surface area contributed by atoms with Crippen molar-refractivity contribution in [3.63, 3.8) is 0 Å². The molecular formula is C13H15BrClN3. The van der Waals surface area contributed by atoms with Gasteiger partial charge in [0.15, 0.2) is 0 Å². The first-order chi connectivity index (χ1) is 8.50. The van der Waals surface area contributed by atoms with E-state index in [1.807, 2.05) is 16.7 Å². The number of hydrogen-bond acceptors (Lipinski definition) is 2. The summed E-state index contributed by atoms with van der Waals surface area (Å²) in [5.74, 6) is 1.20. The van der Waals surface area contributed by atoms with Gasteiger partial charge in [-0.1, -0.05) is 41.9 Å². The maximum atomic E-state index is 6.15. The largest absolute Gasteiger partial charge is 0.294 e. The van der Waals surface area contributed by atoms with Gasteiger partial charge < -0.3 is 0 Å². The summed E-state index contributed by atoms with van der Waals surface area (Å²) in [6, 6.07) is 8.31. The van der Waals surface area contributed by atoms with E-state index in [2.05, 4.69) is 59.0 Å². The predicted octanol–water partition coefficient (Wildman–Crippen LogP) is 4.43. The molecule has 1 unspecified atom stereocenters. The Balaban J connectivity index is 2.45. The number of nitrogens with zero attached hydrogens (tertiary/aromatic N) is 3. The van der Waals surface area contributed by atoms with E-state index in [1.54, 1.807) is 0 Å². The molecule has 0 aliphatic heterocycles. The molecule has 0 N–H and O–H groups in total. The predicted molar refractivity (Wildman–Crippen MR) is 77.1 cm³/mol. The summed E-state index contributed by atoms with van der Waals surface area (Å²) in [6.07, 6.45) is 0.